The summed E-state index contributed by atoms with van der Waals surface area (Å²) in [6.45, 7) is 5.01. The van der Waals surface area contributed by atoms with Crippen LogP contribution >= 0.6 is 0 Å². The number of nitrogens with zero attached hydrogens (tertiary/aromatic N) is 3. The van der Waals surface area contributed by atoms with Gasteiger partial charge in [-0.05, 0) is 30.9 Å². The number of hydrogen-bond donors (Lipinski definition) is 0. The van der Waals surface area contributed by atoms with Crippen LogP contribution in [0.25, 0.3) is 10.9 Å². The van der Waals surface area contributed by atoms with Gasteiger partial charge in [-0.15, -0.1) is 0 Å². The molecule has 0 radical (unpaired) electrons. The summed E-state index contributed by atoms with van der Waals surface area (Å²) in [6, 6.07) is 5.39. The molecule has 1 aromatic heterocycles. The molecule has 112 valence electrons. The van der Waals surface area contributed by atoms with Crippen LogP contribution in [0.5, 0.6) is 5.75 Å². The minimum absolute atomic E-state index is 0.0151. The van der Waals surface area contributed by atoms with E-state index in [1.165, 1.54) is 12.8 Å². The fourth-order valence-electron chi connectivity index (χ4n) is 2.78. The van der Waals surface area contributed by atoms with Crippen LogP contribution in [0.4, 0.5) is 0 Å². The van der Waals surface area contributed by atoms with E-state index < -0.39 is 0 Å². The highest BCUT2D eigenvalue weighted by Crippen LogP contribution is 2.17. The lowest BCUT2D eigenvalue weighted by molar-refractivity contribution is 0.152. The van der Waals surface area contributed by atoms with Crippen molar-refractivity contribution >= 4 is 10.9 Å². The molecule has 0 spiro atoms. The Hall–Kier alpha value is -1.88. The summed E-state index contributed by atoms with van der Waals surface area (Å²) in [5.74, 6) is 1.51. The van der Waals surface area contributed by atoms with Crippen LogP contribution in [-0.4, -0.2) is 34.7 Å². The second kappa shape index (κ2) is 5.85. The van der Waals surface area contributed by atoms with Gasteiger partial charge in [-0.3, -0.25) is 14.3 Å². The molecule has 0 saturated carbocycles. The third kappa shape index (κ3) is 2.93. The molecule has 0 amide bonds. The first kappa shape index (κ1) is 14.1. The van der Waals surface area contributed by atoms with E-state index in [4.69, 9.17) is 4.74 Å². The van der Waals surface area contributed by atoms with Crippen molar-refractivity contribution in [2.45, 2.75) is 26.4 Å². The molecule has 1 fully saturated rings. The fraction of sp³-hybridized carbons (Fsp3) is 0.500. The summed E-state index contributed by atoms with van der Waals surface area (Å²) in [5.41, 5.74) is 0.698. The molecule has 5 nitrogen and oxygen atoms in total. The molecular formula is C16H21N3O2. The summed E-state index contributed by atoms with van der Waals surface area (Å²) >= 11 is 0. The second-order valence-corrected chi connectivity index (χ2v) is 5.84. The Morgan fingerprint density at radius 2 is 2.10 bits per heavy atom. The Morgan fingerprint density at radius 1 is 1.33 bits per heavy atom. The van der Waals surface area contributed by atoms with E-state index in [0.29, 0.717) is 17.6 Å². The smallest absolute Gasteiger partial charge is 0.262 e. The molecular weight excluding hydrogens is 266 g/mol. The Morgan fingerprint density at radius 3 is 2.81 bits per heavy atom. The highest BCUT2D eigenvalue weighted by atomic mass is 16.5. The van der Waals surface area contributed by atoms with Gasteiger partial charge < -0.3 is 4.74 Å². The van der Waals surface area contributed by atoms with Gasteiger partial charge in [-0.2, -0.15) is 0 Å². The summed E-state index contributed by atoms with van der Waals surface area (Å²) < 4.78 is 6.87. The lowest BCUT2D eigenvalue weighted by Gasteiger charge is -2.30. The van der Waals surface area contributed by atoms with Crippen LogP contribution in [-0.2, 0) is 6.67 Å². The predicted molar refractivity (Wildman–Crippen MR) is 82.5 cm³/mol. The molecule has 0 atom stereocenters. The van der Waals surface area contributed by atoms with E-state index in [2.05, 4.69) is 16.8 Å². The molecule has 0 aliphatic carbocycles. The average molecular weight is 287 g/mol. The number of piperidine rings is 1. The number of rotatable bonds is 3. The molecule has 2 aromatic rings. The number of methoxy groups -OCH3 is 1. The predicted octanol–water partition coefficient (Wildman–Crippen LogP) is 2.09. The molecule has 0 N–H and O–H groups in total. The number of fused-ring (bicyclic) bond motifs is 1. The van der Waals surface area contributed by atoms with Gasteiger partial charge in [0.2, 0.25) is 0 Å². The van der Waals surface area contributed by atoms with E-state index >= 15 is 0 Å². The average Bonchev–Trinajstić information content (AvgIpc) is 2.52. The first-order valence-corrected chi connectivity index (χ1v) is 7.43. The molecule has 21 heavy (non-hydrogen) atoms. The number of ether oxygens (including phenoxy) is 1. The van der Waals surface area contributed by atoms with Crippen LogP contribution in [0.1, 0.15) is 19.8 Å². The van der Waals surface area contributed by atoms with Gasteiger partial charge in [-0.1, -0.05) is 6.92 Å². The van der Waals surface area contributed by atoms with Gasteiger partial charge in [0, 0.05) is 19.2 Å². The fourth-order valence-corrected chi connectivity index (χ4v) is 2.78. The Labute approximate surface area is 124 Å². The van der Waals surface area contributed by atoms with Crippen LogP contribution in [0.2, 0.25) is 0 Å². The molecule has 2 heterocycles. The zero-order valence-electron chi connectivity index (χ0n) is 12.6. The van der Waals surface area contributed by atoms with E-state index in [9.17, 15) is 4.79 Å². The third-order valence-corrected chi connectivity index (χ3v) is 4.26. The topological polar surface area (TPSA) is 47.4 Å². The van der Waals surface area contributed by atoms with Gasteiger partial charge >= 0.3 is 0 Å². The summed E-state index contributed by atoms with van der Waals surface area (Å²) in [7, 11) is 1.61. The Bertz CT molecular complexity index is 687. The minimum Gasteiger partial charge on any atom is -0.497 e. The zero-order chi connectivity index (χ0) is 14.8. The number of aromatic nitrogens is 2. The normalized spacial score (nSPS) is 17.2. The quantitative estimate of drug-likeness (QED) is 0.867. The molecule has 1 aromatic carbocycles. The van der Waals surface area contributed by atoms with Crippen molar-refractivity contribution < 1.29 is 4.74 Å². The lowest BCUT2D eigenvalue weighted by Crippen LogP contribution is -2.37. The van der Waals surface area contributed by atoms with E-state index in [1.807, 2.05) is 0 Å². The molecule has 0 bridgehead atoms. The van der Waals surface area contributed by atoms with E-state index in [-0.39, 0.29) is 5.56 Å². The lowest BCUT2D eigenvalue weighted by atomic mass is 10.00. The monoisotopic (exact) mass is 287 g/mol. The molecule has 5 heteroatoms. The first-order valence-electron chi connectivity index (χ1n) is 7.43. The highest BCUT2D eigenvalue weighted by Gasteiger charge is 2.16. The van der Waals surface area contributed by atoms with Crippen LogP contribution in [0.3, 0.4) is 0 Å². The van der Waals surface area contributed by atoms with Gasteiger partial charge in [0.25, 0.3) is 5.56 Å². The van der Waals surface area contributed by atoms with Crippen molar-refractivity contribution in [1.82, 2.24) is 14.5 Å². The number of likely N-dealkylation sites (tertiary alicyclic amines) is 1. The number of benzene rings is 1. The SMILES string of the molecule is COc1ccc2c(=O)n(CN3CCC(C)CC3)cnc2c1. The molecule has 0 unspecified atom stereocenters. The van der Waals surface area contributed by atoms with Crippen molar-refractivity contribution in [2.24, 2.45) is 5.92 Å². The summed E-state index contributed by atoms with van der Waals surface area (Å²) in [5, 5.41) is 0.642. The maximum Gasteiger partial charge on any atom is 0.262 e. The van der Waals surface area contributed by atoms with Gasteiger partial charge in [0.15, 0.2) is 0 Å². The Kier molecular flexibility index (Phi) is 3.92. The third-order valence-electron chi connectivity index (χ3n) is 4.26. The Balaban J connectivity index is 1.86. The standard InChI is InChI=1S/C16H21N3O2/c1-12-5-7-18(8-6-12)11-19-10-17-15-9-13(21-2)3-4-14(15)16(19)20/h3-4,9-10,12H,5-8,11H2,1-2H3. The molecule has 1 aliphatic heterocycles. The largest absolute Gasteiger partial charge is 0.497 e. The van der Waals surface area contributed by atoms with Crippen molar-refractivity contribution in [3.05, 3.63) is 34.9 Å². The van der Waals surface area contributed by atoms with Crippen molar-refractivity contribution in [2.75, 3.05) is 20.2 Å². The number of hydrogen-bond acceptors (Lipinski definition) is 4. The van der Waals surface area contributed by atoms with Crippen LogP contribution in [0.15, 0.2) is 29.3 Å². The summed E-state index contributed by atoms with van der Waals surface area (Å²) in [6.07, 6.45) is 4.04. The minimum atomic E-state index is 0.0151. The van der Waals surface area contributed by atoms with E-state index in [1.54, 1.807) is 36.2 Å². The molecule has 3 rings (SSSR count). The van der Waals surface area contributed by atoms with Crippen LogP contribution in [0, 0.1) is 5.92 Å². The van der Waals surface area contributed by atoms with E-state index in [0.717, 1.165) is 24.8 Å². The van der Waals surface area contributed by atoms with Gasteiger partial charge in [-0.25, -0.2) is 4.98 Å². The highest BCUT2D eigenvalue weighted by molar-refractivity contribution is 5.78. The summed E-state index contributed by atoms with van der Waals surface area (Å²) in [4.78, 5) is 19.2. The molecule has 1 aliphatic rings. The zero-order valence-corrected chi connectivity index (χ0v) is 12.6. The maximum atomic E-state index is 12.5. The maximum absolute atomic E-state index is 12.5. The molecule has 1 saturated heterocycles. The van der Waals surface area contributed by atoms with Gasteiger partial charge in [0.05, 0.1) is 31.0 Å². The van der Waals surface area contributed by atoms with Gasteiger partial charge in [0.1, 0.15) is 5.75 Å². The first-order chi connectivity index (χ1) is 10.2. The van der Waals surface area contributed by atoms with Crippen molar-refractivity contribution in [3.63, 3.8) is 0 Å². The van der Waals surface area contributed by atoms with Crippen LogP contribution < -0.4 is 10.3 Å². The van der Waals surface area contributed by atoms with Crippen molar-refractivity contribution in [1.29, 1.82) is 0 Å². The van der Waals surface area contributed by atoms with Crippen molar-refractivity contribution in [3.8, 4) is 5.75 Å². The second-order valence-electron chi connectivity index (χ2n) is 5.84.